The third-order valence-corrected chi connectivity index (χ3v) is 4.29. The number of nitrogens with zero attached hydrogens (tertiary/aromatic N) is 4. The van der Waals surface area contributed by atoms with Gasteiger partial charge in [-0.2, -0.15) is 5.10 Å². The van der Waals surface area contributed by atoms with Gasteiger partial charge in [-0.1, -0.05) is 0 Å². The predicted octanol–water partition coefficient (Wildman–Crippen LogP) is 1.48. The Morgan fingerprint density at radius 1 is 1.00 bits per heavy atom. The highest BCUT2D eigenvalue weighted by Crippen LogP contribution is 2.32. The van der Waals surface area contributed by atoms with E-state index in [9.17, 15) is 4.79 Å². The van der Waals surface area contributed by atoms with Gasteiger partial charge in [0.15, 0.2) is 17.3 Å². The highest BCUT2D eigenvalue weighted by molar-refractivity contribution is 5.95. The lowest BCUT2D eigenvalue weighted by Gasteiger charge is -2.35. The predicted molar refractivity (Wildman–Crippen MR) is 87.5 cm³/mol. The van der Waals surface area contributed by atoms with E-state index in [2.05, 4.69) is 15.1 Å². The van der Waals surface area contributed by atoms with Crippen LogP contribution in [-0.4, -0.2) is 54.0 Å². The maximum Gasteiger partial charge on any atom is 0.254 e. The second-order valence-electron chi connectivity index (χ2n) is 5.88. The van der Waals surface area contributed by atoms with Crippen LogP contribution in [0.15, 0.2) is 30.3 Å². The Morgan fingerprint density at radius 3 is 2.54 bits per heavy atom. The summed E-state index contributed by atoms with van der Waals surface area (Å²) in [6.45, 7) is 4.93. The lowest BCUT2D eigenvalue weighted by atomic mass is 10.1. The van der Waals surface area contributed by atoms with E-state index in [0.717, 1.165) is 24.6 Å². The Hall–Kier alpha value is -2.83. The molecule has 1 fully saturated rings. The first-order valence-electron chi connectivity index (χ1n) is 7.95. The van der Waals surface area contributed by atoms with E-state index in [1.807, 2.05) is 24.0 Å². The molecule has 0 unspecified atom stereocenters. The van der Waals surface area contributed by atoms with Gasteiger partial charge in [-0.05, 0) is 37.3 Å². The van der Waals surface area contributed by atoms with Gasteiger partial charge in [0, 0.05) is 31.7 Å². The Bertz CT molecular complexity index is 755. The second kappa shape index (κ2) is 5.99. The molecule has 3 heterocycles. The fraction of sp³-hybridized carbons (Fsp3) is 0.353. The fourth-order valence-corrected chi connectivity index (χ4v) is 2.91. The van der Waals surface area contributed by atoms with Crippen molar-refractivity contribution < 1.29 is 14.3 Å². The zero-order valence-corrected chi connectivity index (χ0v) is 13.4. The molecule has 124 valence electrons. The number of ether oxygens (including phenoxy) is 2. The molecular weight excluding hydrogens is 308 g/mol. The molecule has 7 heteroatoms. The topological polar surface area (TPSA) is 67.8 Å². The van der Waals surface area contributed by atoms with Gasteiger partial charge < -0.3 is 19.3 Å². The number of rotatable bonds is 2. The van der Waals surface area contributed by atoms with Crippen LogP contribution in [0.4, 0.5) is 5.82 Å². The number of anilines is 1. The summed E-state index contributed by atoms with van der Waals surface area (Å²) in [5.74, 6) is 2.20. The zero-order chi connectivity index (χ0) is 16.5. The molecule has 2 aliphatic rings. The number of amides is 1. The standard InChI is InChI=1S/C17H18N4O3/c1-12-2-5-16(19-18-12)20-6-8-21(9-7-20)17(22)13-3-4-14-15(10-13)24-11-23-14/h2-5,10H,6-9,11H2,1H3. The molecule has 0 saturated carbocycles. The fourth-order valence-electron chi connectivity index (χ4n) is 2.91. The zero-order valence-electron chi connectivity index (χ0n) is 13.4. The van der Waals surface area contributed by atoms with Crippen molar-refractivity contribution in [1.29, 1.82) is 0 Å². The molecule has 0 aliphatic carbocycles. The number of carbonyl (C=O) groups excluding carboxylic acids is 1. The maximum absolute atomic E-state index is 12.7. The number of piperazine rings is 1. The van der Waals surface area contributed by atoms with Crippen molar-refractivity contribution in [2.45, 2.75) is 6.92 Å². The lowest BCUT2D eigenvalue weighted by molar-refractivity contribution is 0.0746. The van der Waals surface area contributed by atoms with Crippen molar-refractivity contribution in [3.8, 4) is 11.5 Å². The molecule has 0 radical (unpaired) electrons. The van der Waals surface area contributed by atoms with Gasteiger partial charge in [0.1, 0.15) is 0 Å². The van der Waals surface area contributed by atoms with Gasteiger partial charge in [0.25, 0.3) is 5.91 Å². The first-order chi connectivity index (χ1) is 11.7. The Morgan fingerprint density at radius 2 is 1.79 bits per heavy atom. The molecule has 0 spiro atoms. The van der Waals surface area contributed by atoms with Gasteiger partial charge in [-0.3, -0.25) is 4.79 Å². The highest BCUT2D eigenvalue weighted by atomic mass is 16.7. The number of carbonyl (C=O) groups is 1. The van der Waals surface area contributed by atoms with Crippen LogP contribution in [0.2, 0.25) is 0 Å². The second-order valence-corrected chi connectivity index (χ2v) is 5.88. The molecule has 0 N–H and O–H groups in total. The molecule has 1 aromatic heterocycles. The Labute approximate surface area is 139 Å². The summed E-state index contributed by atoms with van der Waals surface area (Å²) in [7, 11) is 0. The molecule has 1 saturated heterocycles. The molecule has 24 heavy (non-hydrogen) atoms. The van der Waals surface area contributed by atoms with Gasteiger partial charge in [-0.15, -0.1) is 5.10 Å². The average molecular weight is 326 g/mol. The number of aryl methyl sites for hydroxylation is 1. The number of hydrogen-bond donors (Lipinski definition) is 0. The summed E-state index contributed by atoms with van der Waals surface area (Å²) in [5, 5.41) is 8.30. The van der Waals surface area contributed by atoms with Crippen LogP contribution in [0.1, 0.15) is 16.1 Å². The van der Waals surface area contributed by atoms with Gasteiger partial charge in [-0.25, -0.2) is 0 Å². The minimum atomic E-state index is 0.0166. The van der Waals surface area contributed by atoms with E-state index in [1.165, 1.54) is 0 Å². The molecule has 1 amide bonds. The molecule has 2 aromatic rings. The molecule has 2 aliphatic heterocycles. The van der Waals surface area contributed by atoms with Gasteiger partial charge in [0.05, 0.1) is 5.69 Å². The monoisotopic (exact) mass is 326 g/mol. The number of fused-ring (bicyclic) bond motifs is 1. The third kappa shape index (κ3) is 2.73. The van der Waals surface area contributed by atoms with Crippen LogP contribution in [0.5, 0.6) is 11.5 Å². The number of aromatic nitrogens is 2. The van der Waals surface area contributed by atoms with E-state index in [4.69, 9.17) is 9.47 Å². The van der Waals surface area contributed by atoms with Crippen molar-refractivity contribution in [2.24, 2.45) is 0 Å². The average Bonchev–Trinajstić information content (AvgIpc) is 3.09. The summed E-state index contributed by atoms with van der Waals surface area (Å²) in [5.41, 5.74) is 1.53. The number of hydrogen-bond acceptors (Lipinski definition) is 6. The van der Waals surface area contributed by atoms with Gasteiger partial charge >= 0.3 is 0 Å². The Kier molecular flexibility index (Phi) is 3.68. The largest absolute Gasteiger partial charge is 0.454 e. The molecule has 1 aromatic carbocycles. The van der Waals surface area contributed by atoms with E-state index in [-0.39, 0.29) is 12.7 Å². The smallest absolute Gasteiger partial charge is 0.254 e. The first-order valence-corrected chi connectivity index (χ1v) is 7.95. The normalized spacial score (nSPS) is 16.4. The van der Waals surface area contributed by atoms with Crippen LogP contribution in [0.3, 0.4) is 0 Å². The summed E-state index contributed by atoms with van der Waals surface area (Å²) in [6.07, 6.45) is 0. The molecule has 0 atom stereocenters. The van der Waals surface area contributed by atoms with Crippen LogP contribution < -0.4 is 14.4 Å². The Balaban J connectivity index is 1.42. The maximum atomic E-state index is 12.7. The van der Waals surface area contributed by atoms with E-state index < -0.39 is 0 Å². The molecule has 0 bridgehead atoms. The van der Waals surface area contributed by atoms with E-state index in [0.29, 0.717) is 30.2 Å². The minimum absolute atomic E-state index is 0.0166. The quantitative estimate of drug-likeness (QED) is 0.833. The highest BCUT2D eigenvalue weighted by Gasteiger charge is 2.24. The summed E-state index contributed by atoms with van der Waals surface area (Å²) < 4.78 is 10.6. The molecule has 7 nitrogen and oxygen atoms in total. The SMILES string of the molecule is Cc1ccc(N2CCN(C(=O)c3ccc4c(c3)OCO4)CC2)nn1. The van der Waals surface area contributed by atoms with Crippen molar-refractivity contribution in [3.05, 3.63) is 41.6 Å². The number of benzene rings is 1. The summed E-state index contributed by atoms with van der Waals surface area (Å²) in [4.78, 5) is 16.7. The molecule has 4 rings (SSSR count). The van der Waals surface area contributed by atoms with Crippen LogP contribution in [0.25, 0.3) is 0 Å². The van der Waals surface area contributed by atoms with Crippen LogP contribution >= 0.6 is 0 Å². The molecular formula is C17H18N4O3. The summed E-state index contributed by atoms with van der Waals surface area (Å²) >= 11 is 0. The summed E-state index contributed by atoms with van der Waals surface area (Å²) in [6, 6.07) is 9.24. The van der Waals surface area contributed by atoms with Crippen molar-refractivity contribution in [2.75, 3.05) is 37.9 Å². The van der Waals surface area contributed by atoms with Crippen LogP contribution in [-0.2, 0) is 0 Å². The van der Waals surface area contributed by atoms with Crippen molar-refractivity contribution in [3.63, 3.8) is 0 Å². The van der Waals surface area contributed by atoms with Crippen molar-refractivity contribution in [1.82, 2.24) is 15.1 Å². The van der Waals surface area contributed by atoms with E-state index in [1.54, 1.807) is 18.2 Å². The minimum Gasteiger partial charge on any atom is -0.454 e. The van der Waals surface area contributed by atoms with E-state index >= 15 is 0 Å². The van der Waals surface area contributed by atoms with Crippen molar-refractivity contribution >= 4 is 11.7 Å². The first kappa shape index (κ1) is 14.7. The van der Waals surface area contributed by atoms with Gasteiger partial charge in [0.2, 0.25) is 6.79 Å². The third-order valence-electron chi connectivity index (χ3n) is 4.29. The lowest BCUT2D eigenvalue weighted by Crippen LogP contribution is -2.49. The van der Waals surface area contributed by atoms with Crippen LogP contribution in [0, 0.1) is 6.92 Å².